The zero-order chi connectivity index (χ0) is 13.5. The summed E-state index contributed by atoms with van der Waals surface area (Å²) >= 11 is 0. The van der Waals surface area contributed by atoms with Gasteiger partial charge in [-0.2, -0.15) is 10.1 Å². The summed E-state index contributed by atoms with van der Waals surface area (Å²) in [5.41, 5.74) is 7.75. The monoisotopic (exact) mass is 261 g/mol. The first-order valence-corrected chi connectivity index (χ1v) is 6.72. The van der Waals surface area contributed by atoms with Gasteiger partial charge in [0.05, 0.1) is 16.8 Å². The average molecular weight is 261 g/mol. The topological polar surface area (TPSA) is 82.8 Å². The van der Waals surface area contributed by atoms with Gasteiger partial charge in [0.25, 0.3) is 5.89 Å². The number of hydrogen-bond acceptors (Lipinski definition) is 5. The number of aryl methyl sites for hydroxylation is 2. The van der Waals surface area contributed by atoms with Gasteiger partial charge in [-0.25, -0.2) is 0 Å². The van der Waals surface area contributed by atoms with Gasteiger partial charge in [-0.3, -0.25) is 4.68 Å². The van der Waals surface area contributed by atoms with Crippen molar-refractivity contribution in [1.82, 2.24) is 19.9 Å². The number of hydrogen-bond donors (Lipinski definition) is 1. The molecule has 2 aromatic rings. The van der Waals surface area contributed by atoms with E-state index in [0.29, 0.717) is 11.7 Å². The summed E-state index contributed by atoms with van der Waals surface area (Å²) in [5, 5.41) is 8.37. The molecule has 102 valence electrons. The van der Waals surface area contributed by atoms with Gasteiger partial charge in [-0.05, 0) is 19.8 Å². The van der Waals surface area contributed by atoms with Crippen molar-refractivity contribution in [2.75, 3.05) is 0 Å². The quantitative estimate of drug-likeness (QED) is 0.892. The minimum atomic E-state index is -0.421. The highest BCUT2D eigenvalue weighted by Gasteiger charge is 2.34. The summed E-state index contributed by atoms with van der Waals surface area (Å²) in [6.07, 6.45) is 7.25. The lowest BCUT2D eigenvalue weighted by Gasteiger charge is -2.29. The molecule has 1 aliphatic rings. The van der Waals surface area contributed by atoms with E-state index in [-0.39, 0.29) is 0 Å². The Labute approximate surface area is 112 Å². The van der Waals surface area contributed by atoms with Gasteiger partial charge >= 0.3 is 0 Å². The molecule has 0 aliphatic heterocycles. The molecule has 0 saturated heterocycles. The van der Waals surface area contributed by atoms with Crippen LogP contribution in [0.15, 0.2) is 10.7 Å². The molecule has 2 heterocycles. The van der Waals surface area contributed by atoms with Crippen LogP contribution in [0.2, 0.25) is 0 Å². The van der Waals surface area contributed by atoms with Gasteiger partial charge in [-0.1, -0.05) is 24.4 Å². The first kappa shape index (κ1) is 12.3. The first-order chi connectivity index (χ1) is 9.08. The Morgan fingerprint density at radius 3 is 2.68 bits per heavy atom. The fourth-order valence-corrected chi connectivity index (χ4v) is 2.75. The molecular formula is C13H19N5O. The molecule has 6 nitrogen and oxygen atoms in total. The number of nitrogens with zero attached hydrogens (tertiary/aromatic N) is 4. The molecule has 0 bridgehead atoms. The fourth-order valence-electron chi connectivity index (χ4n) is 2.75. The van der Waals surface area contributed by atoms with Gasteiger partial charge in [-0.15, -0.1) is 0 Å². The highest BCUT2D eigenvalue weighted by Crippen LogP contribution is 2.34. The molecule has 19 heavy (non-hydrogen) atoms. The predicted molar refractivity (Wildman–Crippen MR) is 70.2 cm³/mol. The average Bonchev–Trinajstić information content (AvgIpc) is 2.97. The van der Waals surface area contributed by atoms with E-state index in [1.807, 2.05) is 20.2 Å². The van der Waals surface area contributed by atoms with Gasteiger partial charge < -0.3 is 10.3 Å². The maximum atomic E-state index is 6.41. The lowest BCUT2D eigenvalue weighted by atomic mass is 9.82. The normalized spacial score (nSPS) is 18.7. The summed E-state index contributed by atoms with van der Waals surface area (Å²) in [6.45, 7) is 1.93. The SMILES string of the molecule is Cc1nn(C)cc1-c1nc(C2(N)CCCCC2)no1. The third kappa shape index (κ3) is 2.16. The van der Waals surface area contributed by atoms with Crippen molar-refractivity contribution in [2.45, 2.75) is 44.6 Å². The van der Waals surface area contributed by atoms with Crippen LogP contribution in [-0.4, -0.2) is 19.9 Å². The van der Waals surface area contributed by atoms with Crippen molar-refractivity contribution < 1.29 is 4.52 Å². The van der Waals surface area contributed by atoms with Crippen LogP contribution in [-0.2, 0) is 12.6 Å². The van der Waals surface area contributed by atoms with E-state index in [2.05, 4.69) is 15.2 Å². The molecule has 2 aromatic heterocycles. The Balaban J connectivity index is 1.93. The van der Waals surface area contributed by atoms with Crippen molar-refractivity contribution in [3.05, 3.63) is 17.7 Å². The van der Waals surface area contributed by atoms with Crippen LogP contribution < -0.4 is 5.73 Å². The van der Waals surface area contributed by atoms with Crippen LogP contribution in [0.4, 0.5) is 0 Å². The highest BCUT2D eigenvalue weighted by molar-refractivity contribution is 5.54. The van der Waals surface area contributed by atoms with Crippen molar-refractivity contribution >= 4 is 0 Å². The van der Waals surface area contributed by atoms with E-state index in [1.165, 1.54) is 6.42 Å². The molecule has 1 fully saturated rings. The van der Waals surface area contributed by atoms with E-state index in [4.69, 9.17) is 10.3 Å². The molecule has 0 spiro atoms. The van der Waals surface area contributed by atoms with Crippen LogP contribution in [0.3, 0.4) is 0 Å². The molecule has 0 radical (unpaired) electrons. The maximum Gasteiger partial charge on any atom is 0.261 e. The first-order valence-electron chi connectivity index (χ1n) is 6.72. The van der Waals surface area contributed by atoms with Crippen molar-refractivity contribution in [2.24, 2.45) is 12.8 Å². The molecule has 1 saturated carbocycles. The third-order valence-corrected chi connectivity index (χ3v) is 3.86. The van der Waals surface area contributed by atoms with Crippen molar-refractivity contribution in [3.8, 4) is 11.5 Å². The summed E-state index contributed by atoms with van der Waals surface area (Å²) in [6, 6.07) is 0. The standard InChI is InChI=1S/C13H19N5O/c1-9-10(8-18(2)16-9)11-15-12(17-19-11)13(14)6-4-3-5-7-13/h8H,3-7,14H2,1-2H3. The van der Waals surface area contributed by atoms with Crippen LogP contribution in [0.1, 0.15) is 43.6 Å². The molecule has 1 aliphatic carbocycles. The third-order valence-electron chi connectivity index (χ3n) is 3.86. The lowest BCUT2D eigenvalue weighted by molar-refractivity contribution is 0.275. The summed E-state index contributed by atoms with van der Waals surface area (Å²) in [4.78, 5) is 4.49. The lowest BCUT2D eigenvalue weighted by Crippen LogP contribution is -2.39. The molecule has 6 heteroatoms. The second-order valence-corrected chi connectivity index (χ2v) is 5.44. The Bertz CT molecular complexity index is 580. The predicted octanol–water partition coefficient (Wildman–Crippen LogP) is 1.90. The molecular weight excluding hydrogens is 242 g/mol. The van der Waals surface area contributed by atoms with Crippen LogP contribution >= 0.6 is 0 Å². The van der Waals surface area contributed by atoms with Gasteiger partial charge in [0.2, 0.25) is 0 Å². The van der Waals surface area contributed by atoms with E-state index < -0.39 is 5.54 Å². The Hall–Kier alpha value is -1.69. The second-order valence-electron chi connectivity index (χ2n) is 5.44. The van der Waals surface area contributed by atoms with E-state index in [0.717, 1.165) is 36.9 Å². The zero-order valence-corrected chi connectivity index (χ0v) is 11.4. The molecule has 0 aromatic carbocycles. The Morgan fingerprint density at radius 1 is 1.32 bits per heavy atom. The molecule has 0 amide bonds. The molecule has 2 N–H and O–H groups in total. The summed E-state index contributed by atoms with van der Waals surface area (Å²) < 4.78 is 7.11. The highest BCUT2D eigenvalue weighted by atomic mass is 16.5. The summed E-state index contributed by atoms with van der Waals surface area (Å²) in [5.74, 6) is 1.14. The van der Waals surface area contributed by atoms with Gasteiger partial charge in [0.15, 0.2) is 5.82 Å². The second kappa shape index (κ2) is 4.45. The minimum Gasteiger partial charge on any atom is -0.334 e. The maximum absolute atomic E-state index is 6.41. The van der Waals surface area contributed by atoms with Crippen LogP contribution in [0.25, 0.3) is 11.5 Å². The van der Waals surface area contributed by atoms with Gasteiger partial charge in [0, 0.05) is 13.2 Å². The van der Waals surface area contributed by atoms with E-state index in [1.54, 1.807) is 4.68 Å². The van der Waals surface area contributed by atoms with Crippen molar-refractivity contribution in [3.63, 3.8) is 0 Å². The van der Waals surface area contributed by atoms with Gasteiger partial charge in [0.1, 0.15) is 0 Å². The van der Waals surface area contributed by atoms with Crippen LogP contribution in [0.5, 0.6) is 0 Å². The fraction of sp³-hybridized carbons (Fsp3) is 0.615. The summed E-state index contributed by atoms with van der Waals surface area (Å²) in [7, 11) is 1.87. The molecule has 3 rings (SSSR count). The number of rotatable bonds is 2. The Kier molecular flexibility index (Phi) is 2.89. The smallest absolute Gasteiger partial charge is 0.261 e. The number of aromatic nitrogens is 4. The largest absolute Gasteiger partial charge is 0.334 e. The Morgan fingerprint density at radius 2 is 2.05 bits per heavy atom. The molecule has 0 atom stereocenters. The number of nitrogens with two attached hydrogens (primary N) is 1. The van der Waals surface area contributed by atoms with Crippen molar-refractivity contribution in [1.29, 1.82) is 0 Å². The molecule has 0 unspecified atom stereocenters. The van der Waals surface area contributed by atoms with E-state index >= 15 is 0 Å². The minimum absolute atomic E-state index is 0.421. The zero-order valence-electron chi connectivity index (χ0n) is 11.4. The van der Waals surface area contributed by atoms with E-state index in [9.17, 15) is 0 Å². The van der Waals surface area contributed by atoms with Crippen LogP contribution in [0, 0.1) is 6.92 Å².